The van der Waals surface area contributed by atoms with E-state index < -0.39 is 0 Å². The van der Waals surface area contributed by atoms with Gasteiger partial charge in [-0.3, -0.25) is 0 Å². The van der Waals surface area contributed by atoms with Crippen LogP contribution in [0.2, 0.25) is 0 Å². The number of aliphatic hydroxyl groups excluding tert-OH is 1. The SMILES string of the molecule is CC(NCC(O)CN1CCCC1)c1ccc(Br)cc1. The highest BCUT2D eigenvalue weighted by Gasteiger charge is 2.16. The van der Waals surface area contributed by atoms with Gasteiger partial charge in [0.05, 0.1) is 6.10 Å². The van der Waals surface area contributed by atoms with Gasteiger partial charge in [-0.05, 0) is 50.6 Å². The fourth-order valence-corrected chi connectivity index (χ4v) is 2.77. The minimum absolute atomic E-state index is 0.265. The number of benzene rings is 1. The van der Waals surface area contributed by atoms with Crippen LogP contribution in [0.25, 0.3) is 0 Å². The van der Waals surface area contributed by atoms with Crippen molar-refractivity contribution in [3.63, 3.8) is 0 Å². The monoisotopic (exact) mass is 326 g/mol. The molecule has 1 heterocycles. The first-order chi connectivity index (χ1) is 9.15. The number of nitrogens with zero attached hydrogens (tertiary/aromatic N) is 1. The minimum Gasteiger partial charge on any atom is -0.390 e. The Morgan fingerprint density at radius 1 is 1.26 bits per heavy atom. The van der Waals surface area contributed by atoms with E-state index in [0.717, 1.165) is 24.1 Å². The standard InChI is InChI=1S/C15H23BrN2O/c1-12(13-4-6-14(16)7-5-13)17-10-15(19)11-18-8-2-3-9-18/h4-7,12,15,17,19H,2-3,8-11H2,1H3. The summed E-state index contributed by atoms with van der Waals surface area (Å²) in [6.07, 6.45) is 2.27. The van der Waals surface area contributed by atoms with Gasteiger partial charge in [0, 0.05) is 23.6 Å². The molecule has 3 nitrogen and oxygen atoms in total. The molecule has 4 heteroatoms. The first kappa shape index (κ1) is 15.0. The van der Waals surface area contributed by atoms with E-state index in [4.69, 9.17) is 0 Å². The lowest BCUT2D eigenvalue weighted by atomic mass is 10.1. The maximum Gasteiger partial charge on any atom is 0.0791 e. The second kappa shape index (κ2) is 7.39. The molecule has 2 N–H and O–H groups in total. The maximum atomic E-state index is 10.0. The molecule has 2 unspecified atom stereocenters. The molecular weight excluding hydrogens is 304 g/mol. The quantitative estimate of drug-likeness (QED) is 0.843. The lowest BCUT2D eigenvalue weighted by molar-refractivity contribution is 0.121. The fraction of sp³-hybridized carbons (Fsp3) is 0.600. The highest BCUT2D eigenvalue weighted by Crippen LogP contribution is 2.16. The summed E-state index contributed by atoms with van der Waals surface area (Å²) in [6.45, 7) is 5.85. The second-order valence-corrected chi connectivity index (χ2v) is 6.26. The highest BCUT2D eigenvalue weighted by molar-refractivity contribution is 9.10. The van der Waals surface area contributed by atoms with Crippen molar-refractivity contribution >= 4 is 15.9 Å². The summed E-state index contributed by atoms with van der Waals surface area (Å²) in [5.74, 6) is 0. The largest absolute Gasteiger partial charge is 0.390 e. The van der Waals surface area contributed by atoms with Crippen LogP contribution in [0.1, 0.15) is 31.4 Å². The van der Waals surface area contributed by atoms with Gasteiger partial charge in [-0.15, -0.1) is 0 Å². The Bertz CT molecular complexity index is 376. The number of rotatable bonds is 6. The van der Waals surface area contributed by atoms with Crippen LogP contribution in [-0.4, -0.2) is 42.3 Å². The summed E-state index contributed by atoms with van der Waals surface area (Å²) in [7, 11) is 0. The van der Waals surface area contributed by atoms with Crippen LogP contribution in [0.5, 0.6) is 0 Å². The van der Waals surface area contributed by atoms with Gasteiger partial charge in [0.25, 0.3) is 0 Å². The van der Waals surface area contributed by atoms with Gasteiger partial charge >= 0.3 is 0 Å². The predicted octanol–water partition coefficient (Wildman–Crippen LogP) is 2.56. The van der Waals surface area contributed by atoms with E-state index in [1.165, 1.54) is 18.4 Å². The van der Waals surface area contributed by atoms with E-state index in [0.29, 0.717) is 6.54 Å². The Hall–Kier alpha value is -0.420. The number of nitrogens with one attached hydrogen (secondary N) is 1. The zero-order valence-corrected chi connectivity index (χ0v) is 13.1. The van der Waals surface area contributed by atoms with E-state index in [1.54, 1.807) is 0 Å². The lowest BCUT2D eigenvalue weighted by Gasteiger charge is -2.22. The Morgan fingerprint density at radius 2 is 1.89 bits per heavy atom. The molecule has 2 rings (SSSR count). The molecule has 106 valence electrons. The van der Waals surface area contributed by atoms with Crippen molar-refractivity contribution < 1.29 is 5.11 Å². The number of hydrogen-bond acceptors (Lipinski definition) is 3. The van der Waals surface area contributed by atoms with Crippen molar-refractivity contribution in [2.45, 2.75) is 31.9 Å². The molecule has 0 amide bonds. The number of hydrogen-bond donors (Lipinski definition) is 2. The molecular formula is C15H23BrN2O. The molecule has 1 aliphatic rings. The zero-order valence-electron chi connectivity index (χ0n) is 11.5. The molecule has 0 bridgehead atoms. The second-order valence-electron chi connectivity index (χ2n) is 5.34. The van der Waals surface area contributed by atoms with E-state index in [9.17, 15) is 5.11 Å². The molecule has 0 saturated carbocycles. The highest BCUT2D eigenvalue weighted by atomic mass is 79.9. The molecule has 1 fully saturated rings. The summed E-state index contributed by atoms with van der Waals surface area (Å²) in [4.78, 5) is 2.34. The Balaban J connectivity index is 1.73. The van der Waals surface area contributed by atoms with E-state index in [2.05, 4.69) is 45.2 Å². The Morgan fingerprint density at radius 3 is 2.53 bits per heavy atom. The summed E-state index contributed by atoms with van der Waals surface area (Å²) >= 11 is 3.44. The third-order valence-corrected chi connectivity index (χ3v) is 4.23. The van der Waals surface area contributed by atoms with Crippen LogP contribution < -0.4 is 5.32 Å². The van der Waals surface area contributed by atoms with Crippen LogP contribution in [0.15, 0.2) is 28.7 Å². The molecule has 1 aliphatic heterocycles. The molecule has 1 aromatic rings. The summed E-state index contributed by atoms with van der Waals surface area (Å²) in [5.41, 5.74) is 1.25. The van der Waals surface area contributed by atoms with Crippen molar-refractivity contribution in [1.82, 2.24) is 10.2 Å². The number of aliphatic hydroxyl groups is 1. The summed E-state index contributed by atoms with van der Waals surface area (Å²) in [6, 6.07) is 8.58. The van der Waals surface area contributed by atoms with Gasteiger partial charge in [-0.2, -0.15) is 0 Å². The minimum atomic E-state index is -0.281. The van der Waals surface area contributed by atoms with Gasteiger partial charge in [0.2, 0.25) is 0 Å². The van der Waals surface area contributed by atoms with Crippen LogP contribution in [0.4, 0.5) is 0 Å². The van der Waals surface area contributed by atoms with Crippen molar-refractivity contribution in [2.24, 2.45) is 0 Å². The maximum absolute atomic E-state index is 10.0. The molecule has 0 spiro atoms. The number of β-amino-alcohol motifs (C(OH)–C–C–N with tert-alkyl or cyclic N) is 1. The first-order valence-electron chi connectivity index (χ1n) is 7.04. The average Bonchev–Trinajstić information content (AvgIpc) is 2.89. The van der Waals surface area contributed by atoms with Crippen LogP contribution in [0.3, 0.4) is 0 Å². The zero-order chi connectivity index (χ0) is 13.7. The van der Waals surface area contributed by atoms with Crippen molar-refractivity contribution in [3.05, 3.63) is 34.3 Å². The normalized spacial score (nSPS) is 19.5. The van der Waals surface area contributed by atoms with Crippen molar-refractivity contribution in [1.29, 1.82) is 0 Å². The molecule has 0 aromatic heterocycles. The van der Waals surface area contributed by atoms with Crippen LogP contribution in [-0.2, 0) is 0 Å². The van der Waals surface area contributed by atoms with Gasteiger partial charge in [-0.1, -0.05) is 28.1 Å². The Kier molecular flexibility index (Phi) is 5.82. The summed E-state index contributed by atoms with van der Waals surface area (Å²) < 4.78 is 1.09. The van der Waals surface area contributed by atoms with Gasteiger partial charge in [0.15, 0.2) is 0 Å². The molecule has 2 atom stereocenters. The van der Waals surface area contributed by atoms with E-state index in [-0.39, 0.29) is 12.1 Å². The topological polar surface area (TPSA) is 35.5 Å². The van der Waals surface area contributed by atoms with E-state index >= 15 is 0 Å². The van der Waals surface area contributed by atoms with Crippen LogP contribution in [0, 0.1) is 0 Å². The fourth-order valence-electron chi connectivity index (χ4n) is 2.51. The number of likely N-dealkylation sites (tertiary alicyclic amines) is 1. The third-order valence-electron chi connectivity index (χ3n) is 3.70. The molecule has 0 aliphatic carbocycles. The summed E-state index contributed by atoms with van der Waals surface area (Å²) in [5, 5.41) is 13.4. The predicted molar refractivity (Wildman–Crippen MR) is 82.2 cm³/mol. The molecule has 19 heavy (non-hydrogen) atoms. The molecule has 1 saturated heterocycles. The van der Waals surface area contributed by atoms with Gasteiger partial charge in [-0.25, -0.2) is 0 Å². The lowest BCUT2D eigenvalue weighted by Crippen LogP contribution is -2.37. The molecule has 1 aromatic carbocycles. The Labute approximate surface area is 124 Å². The van der Waals surface area contributed by atoms with Crippen LogP contribution >= 0.6 is 15.9 Å². The molecule has 0 radical (unpaired) electrons. The van der Waals surface area contributed by atoms with Gasteiger partial charge < -0.3 is 15.3 Å². The van der Waals surface area contributed by atoms with Crippen molar-refractivity contribution in [2.75, 3.05) is 26.2 Å². The first-order valence-corrected chi connectivity index (χ1v) is 7.83. The van der Waals surface area contributed by atoms with E-state index in [1.807, 2.05) is 12.1 Å². The van der Waals surface area contributed by atoms with Gasteiger partial charge in [0.1, 0.15) is 0 Å². The average molecular weight is 327 g/mol. The smallest absolute Gasteiger partial charge is 0.0791 e. The van der Waals surface area contributed by atoms with Crippen molar-refractivity contribution in [3.8, 4) is 0 Å². The number of halogens is 1. The third kappa shape index (κ3) is 4.88.